The van der Waals surface area contributed by atoms with Crippen LogP contribution in [0, 0.1) is 11.8 Å². The monoisotopic (exact) mass is 342 g/mol. The summed E-state index contributed by atoms with van der Waals surface area (Å²) in [4.78, 5) is 38.2. The number of nitrogens with one attached hydrogen (secondary N) is 1. The van der Waals surface area contributed by atoms with Gasteiger partial charge in [-0.15, -0.1) is 0 Å². The Kier molecular flexibility index (Phi) is 5.51. The zero-order chi connectivity index (χ0) is 17.8. The van der Waals surface area contributed by atoms with Gasteiger partial charge in [0, 0.05) is 19.5 Å². The number of benzene rings is 1. The second-order valence-corrected chi connectivity index (χ2v) is 7.19. The van der Waals surface area contributed by atoms with Gasteiger partial charge in [-0.1, -0.05) is 50.1 Å². The molecule has 5 heteroatoms. The van der Waals surface area contributed by atoms with E-state index in [-0.39, 0.29) is 48.4 Å². The first-order chi connectivity index (χ1) is 12.1. The molecule has 2 aliphatic rings. The number of amides is 3. The fraction of sp³-hybridized carbons (Fsp3) is 0.550. The number of hydrogen-bond donors (Lipinski definition) is 1. The van der Waals surface area contributed by atoms with E-state index in [9.17, 15) is 14.4 Å². The van der Waals surface area contributed by atoms with Crippen molar-refractivity contribution in [1.29, 1.82) is 0 Å². The first kappa shape index (κ1) is 17.6. The van der Waals surface area contributed by atoms with E-state index in [1.54, 1.807) is 0 Å². The maximum Gasteiger partial charge on any atom is 0.233 e. The van der Waals surface area contributed by atoms with Gasteiger partial charge in [0.05, 0.1) is 11.8 Å². The van der Waals surface area contributed by atoms with Crippen molar-refractivity contribution < 1.29 is 14.4 Å². The van der Waals surface area contributed by atoms with Crippen LogP contribution in [0.2, 0.25) is 0 Å². The van der Waals surface area contributed by atoms with Gasteiger partial charge in [-0.25, -0.2) is 0 Å². The molecule has 1 saturated heterocycles. The molecule has 1 aliphatic carbocycles. The van der Waals surface area contributed by atoms with Crippen LogP contribution in [0.25, 0.3) is 0 Å². The van der Waals surface area contributed by atoms with Gasteiger partial charge in [-0.2, -0.15) is 0 Å². The molecule has 5 nitrogen and oxygen atoms in total. The first-order valence-corrected chi connectivity index (χ1v) is 9.25. The minimum Gasteiger partial charge on any atom is -0.355 e. The molecule has 0 aromatic heterocycles. The lowest BCUT2D eigenvalue weighted by atomic mass is 9.81. The van der Waals surface area contributed by atoms with Crippen molar-refractivity contribution in [2.45, 2.75) is 44.9 Å². The predicted octanol–water partition coefficient (Wildman–Crippen LogP) is 2.47. The zero-order valence-electron chi connectivity index (χ0n) is 14.7. The molecule has 0 bridgehead atoms. The highest BCUT2D eigenvalue weighted by atomic mass is 16.2. The lowest BCUT2D eigenvalue weighted by Crippen LogP contribution is -2.36. The quantitative estimate of drug-likeness (QED) is 0.808. The summed E-state index contributed by atoms with van der Waals surface area (Å²) in [5.74, 6) is -0.300. The van der Waals surface area contributed by atoms with Crippen LogP contribution in [0.4, 0.5) is 0 Å². The van der Waals surface area contributed by atoms with Gasteiger partial charge >= 0.3 is 0 Å². The fourth-order valence-electron chi connectivity index (χ4n) is 3.92. The van der Waals surface area contributed by atoms with Gasteiger partial charge in [-0.3, -0.25) is 19.3 Å². The Hall–Kier alpha value is -2.17. The number of hydrogen-bond acceptors (Lipinski definition) is 3. The molecule has 1 N–H and O–H groups in total. The third-order valence-electron chi connectivity index (χ3n) is 5.47. The molecule has 3 amide bonds. The van der Waals surface area contributed by atoms with Crippen molar-refractivity contribution >= 4 is 17.7 Å². The summed E-state index contributed by atoms with van der Waals surface area (Å²) in [6.07, 6.45) is 3.84. The average Bonchev–Trinajstić information content (AvgIpc) is 2.89. The van der Waals surface area contributed by atoms with Crippen molar-refractivity contribution in [3.05, 3.63) is 35.9 Å². The molecule has 1 aromatic carbocycles. The van der Waals surface area contributed by atoms with Crippen LogP contribution in [0.15, 0.2) is 30.3 Å². The normalized spacial score (nSPS) is 24.1. The maximum absolute atomic E-state index is 12.4. The molecular weight excluding hydrogens is 316 g/mol. The molecule has 1 aromatic rings. The van der Waals surface area contributed by atoms with E-state index < -0.39 is 0 Å². The Labute approximate surface area is 148 Å². The van der Waals surface area contributed by atoms with Gasteiger partial charge in [0.2, 0.25) is 17.7 Å². The number of imide groups is 1. The van der Waals surface area contributed by atoms with Crippen LogP contribution in [0.1, 0.15) is 50.5 Å². The van der Waals surface area contributed by atoms with Crippen LogP contribution in [0.5, 0.6) is 0 Å². The Morgan fingerprint density at radius 1 is 1.12 bits per heavy atom. The Bertz CT molecular complexity index is 620. The topological polar surface area (TPSA) is 66.5 Å². The molecule has 1 aliphatic heterocycles. The molecule has 2 fully saturated rings. The van der Waals surface area contributed by atoms with Gasteiger partial charge < -0.3 is 5.32 Å². The first-order valence-electron chi connectivity index (χ1n) is 9.25. The third kappa shape index (κ3) is 3.91. The summed E-state index contributed by atoms with van der Waals surface area (Å²) in [6, 6.07) is 10.0. The van der Waals surface area contributed by atoms with E-state index in [0.29, 0.717) is 6.54 Å². The summed E-state index contributed by atoms with van der Waals surface area (Å²) in [6.45, 7) is 2.82. The largest absolute Gasteiger partial charge is 0.355 e. The molecule has 1 heterocycles. The predicted molar refractivity (Wildman–Crippen MR) is 94.7 cm³/mol. The second-order valence-electron chi connectivity index (χ2n) is 7.19. The molecule has 0 spiro atoms. The average molecular weight is 342 g/mol. The highest BCUT2D eigenvalue weighted by Gasteiger charge is 2.47. The van der Waals surface area contributed by atoms with E-state index in [1.165, 1.54) is 10.5 Å². The Morgan fingerprint density at radius 3 is 2.32 bits per heavy atom. The number of carbonyl (C=O) groups is 3. The van der Waals surface area contributed by atoms with Gasteiger partial charge in [-0.05, 0) is 24.3 Å². The third-order valence-corrected chi connectivity index (χ3v) is 5.47. The summed E-state index contributed by atoms with van der Waals surface area (Å²) < 4.78 is 0. The van der Waals surface area contributed by atoms with Crippen LogP contribution < -0.4 is 5.32 Å². The van der Waals surface area contributed by atoms with Crippen LogP contribution in [-0.4, -0.2) is 35.7 Å². The number of fused-ring (bicyclic) bond motifs is 1. The Morgan fingerprint density at radius 2 is 1.72 bits per heavy atom. The zero-order valence-corrected chi connectivity index (χ0v) is 14.7. The van der Waals surface area contributed by atoms with Gasteiger partial charge in [0.1, 0.15) is 0 Å². The van der Waals surface area contributed by atoms with Crippen LogP contribution in [-0.2, 0) is 14.4 Å². The molecule has 1 saturated carbocycles. The lowest BCUT2D eigenvalue weighted by molar-refractivity contribution is -0.140. The number of likely N-dealkylation sites (tertiary alicyclic amines) is 1. The minimum absolute atomic E-state index is 0.0693. The van der Waals surface area contributed by atoms with Crippen molar-refractivity contribution in [1.82, 2.24) is 10.2 Å². The SMILES string of the molecule is C[C@@H](CNC(=O)CCN1C(=O)[C@H]2CCCC[C@H]2C1=O)c1ccccc1. The maximum atomic E-state index is 12.4. The summed E-state index contributed by atoms with van der Waals surface area (Å²) >= 11 is 0. The molecule has 0 radical (unpaired) electrons. The van der Waals surface area contributed by atoms with Crippen molar-refractivity contribution in [3.8, 4) is 0 Å². The van der Waals surface area contributed by atoms with E-state index in [1.807, 2.05) is 30.3 Å². The van der Waals surface area contributed by atoms with E-state index in [4.69, 9.17) is 0 Å². The van der Waals surface area contributed by atoms with Crippen LogP contribution >= 0.6 is 0 Å². The number of nitrogens with zero attached hydrogens (tertiary/aromatic N) is 1. The standard InChI is InChI=1S/C20H26N2O3/c1-14(15-7-3-2-4-8-15)13-21-18(23)11-12-22-19(24)16-9-5-6-10-17(16)20(22)25/h2-4,7-8,14,16-17H,5-6,9-13H2,1H3,(H,21,23)/t14-,16-,17+/m0/s1. The van der Waals surface area contributed by atoms with Crippen LogP contribution in [0.3, 0.4) is 0 Å². The smallest absolute Gasteiger partial charge is 0.233 e. The molecule has 134 valence electrons. The number of rotatable bonds is 6. The van der Waals surface area contributed by atoms with E-state index >= 15 is 0 Å². The van der Waals surface area contributed by atoms with Crippen molar-refractivity contribution in [2.24, 2.45) is 11.8 Å². The molecular formula is C20H26N2O3. The molecule has 0 unspecified atom stereocenters. The second kappa shape index (κ2) is 7.81. The van der Waals surface area contributed by atoms with Crippen molar-refractivity contribution in [3.63, 3.8) is 0 Å². The molecule has 3 atom stereocenters. The number of carbonyl (C=O) groups excluding carboxylic acids is 3. The Balaban J connectivity index is 1.46. The van der Waals surface area contributed by atoms with E-state index in [0.717, 1.165) is 25.7 Å². The molecule has 3 rings (SSSR count). The summed E-state index contributed by atoms with van der Waals surface area (Å²) in [5, 5.41) is 2.91. The minimum atomic E-state index is -0.137. The lowest BCUT2D eigenvalue weighted by Gasteiger charge is -2.19. The summed E-state index contributed by atoms with van der Waals surface area (Å²) in [7, 11) is 0. The fourth-order valence-corrected chi connectivity index (χ4v) is 3.92. The van der Waals surface area contributed by atoms with Gasteiger partial charge in [0.25, 0.3) is 0 Å². The highest BCUT2D eigenvalue weighted by Crippen LogP contribution is 2.37. The van der Waals surface area contributed by atoms with Crippen molar-refractivity contribution in [2.75, 3.05) is 13.1 Å². The summed E-state index contributed by atoms with van der Waals surface area (Å²) in [5.41, 5.74) is 1.18. The van der Waals surface area contributed by atoms with E-state index in [2.05, 4.69) is 12.2 Å². The highest BCUT2D eigenvalue weighted by molar-refractivity contribution is 6.05. The molecule has 25 heavy (non-hydrogen) atoms. The van der Waals surface area contributed by atoms with Gasteiger partial charge in [0.15, 0.2) is 0 Å².